The summed E-state index contributed by atoms with van der Waals surface area (Å²) in [5, 5.41) is 5.69. The Morgan fingerprint density at radius 3 is 2.38 bits per heavy atom. The molecule has 0 saturated heterocycles. The molecule has 2 N–H and O–H groups in total. The molecule has 0 bridgehead atoms. The SMILES string of the molecule is CCOc1ccc(Nc2ncc(C(F)(F)F)c(Nc3ccccc3OC(C)CC)n2)cc1. The summed E-state index contributed by atoms with van der Waals surface area (Å²) in [6, 6.07) is 13.8. The van der Waals surface area contributed by atoms with Crippen molar-refractivity contribution in [2.45, 2.75) is 39.5 Å². The second kappa shape index (κ2) is 10.2. The van der Waals surface area contributed by atoms with Crippen LogP contribution in [0.25, 0.3) is 0 Å². The Balaban J connectivity index is 1.90. The maximum absolute atomic E-state index is 13.6. The molecule has 0 saturated carbocycles. The smallest absolute Gasteiger partial charge is 0.421 e. The van der Waals surface area contributed by atoms with Crippen LogP contribution in [0.3, 0.4) is 0 Å². The number of halogens is 3. The topological polar surface area (TPSA) is 68.3 Å². The Labute approximate surface area is 184 Å². The number of aromatic nitrogens is 2. The Morgan fingerprint density at radius 1 is 1.00 bits per heavy atom. The van der Waals surface area contributed by atoms with Crippen molar-refractivity contribution >= 4 is 23.1 Å². The Kier molecular flexibility index (Phi) is 7.40. The van der Waals surface area contributed by atoms with E-state index in [1.54, 1.807) is 48.5 Å². The lowest BCUT2D eigenvalue weighted by Crippen LogP contribution is -2.14. The first kappa shape index (κ1) is 23.2. The lowest BCUT2D eigenvalue weighted by molar-refractivity contribution is -0.137. The molecular weight excluding hydrogens is 421 g/mol. The van der Waals surface area contributed by atoms with E-state index in [4.69, 9.17) is 9.47 Å². The maximum Gasteiger partial charge on any atom is 0.421 e. The Morgan fingerprint density at radius 2 is 1.72 bits per heavy atom. The van der Waals surface area contributed by atoms with Gasteiger partial charge in [0.1, 0.15) is 22.9 Å². The number of hydrogen-bond donors (Lipinski definition) is 2. The molecule has 1 atom stereocenters. The zero-order valence-corrected chi connectivity index (χ0v) is 18.0. The van der Waals surface area contributed by atoms with E-state index in [0.29, 0.717) is 29.5 Å². The van der Waals surface area contributed by atoms with Crippen LogP contribution in [-0.4, -0.2) is 22.7 Å². The predicted octanol–water partition coefficient (Wildman–Crippen LogP) is 6.56. The molecule has 170 valence electrons. The summed E-state index contributed by atoms with van der Waals surface area (Å²) >= 11 is 0. The molecule has 2 aromatic carbocycles. The van der Waals surface area contributed by atoms with Crippen molar-refractivity contribution in [1.82, 2.24) is 9.97 Å². The minimum absolute atomic E-state index is 0.0185. The molecule has 0 amide bonds. The standard InChI is InChI=1S/C23H25F3N4O2/c1-4-15(3)32-20-9-7-6-8-19(20)29-21-18(23(24,25)26)14-27-22(30-21)28-16-10-12-17(13-11-16)31-5-2/h6-15H,4-5H2,1-3H3,(H2,27,28,29,30). The fraction of sp³-hybridized carbons (Fsp3) is 0.304. The van der Waals surface area contributed by atoms with Crippen molar-refractivity contribution in [2.24, 2.45) is 0 Å². The molecule has 3 rings (SSSR count). The van der Waals surface area contributed by atoms with Gasteiger partial charge in [0.25, 0.3) is 0 Å². The highest BCUT2D eigenvalue weighted by Gasteiger charge is 2.35. The molecule has 9 heteroatoms. The normalized spacial score (nSPS) is 12.2. The second-order valence-corrected chi connectivity index (χ2v) is 6.99. The van der Waals surface area contributed by atoms with Crippen LogP contribution >= 0.6 is 0 Å². The molecule has 1 unspecified atom stereocenters. The van der Waals surface area contributed by atoms with Crippen LogP contribution in [0.1, 0.15) is 32.8 Å². The van der Waals surface area contributed by atoms with E-state index < -0.39 is 11.7 Å². The molecule has 1 heterocycles. The zero-order valence-electron chi connectivity index (χ0n) is 18.0. The number of nitrogens with one attached hydrogen (secondary N) is 2. The largest absolute Gasteiger partial charge is 0.494 e. The summed E-state index contributed by atoms with van der Waals surface area (Å²) in [6.45, 7) is 6.27. The van der Waals surface area contributed by atoms with Gasteiger partial charge < -0.3 is 20.1 Å². The molecule has 0 radical (unpaired) electrons. The number of rotatable bonds is 9. The molecule has 1 aromatic heterocycles. The van der Waals surface area contributed by atoms with Gasteiger partial charge in [-0.2, -0.15) is 18.2 Å². The van der Waals surface area contributed by atoms with Gasteiger partial charge in [-0.05, 0) is 56.7 Å². The quantitative estimate of drug-likeness (QED) is 0.388. The lowest BCUT2D eigenvalue weighted by Gasteiger charge is -2.19. The van der Waals surface area contributed by atoms with Gasteiger partial charge in [-0.3, -0.25) is 0 Å². The third kappa shape index (κ3) is 6.03. The lowest BCUT2D eigenvalue weighted by atomic mass is 10.2. The molecule has 3 aromatic rings. The maximum atomic E-state index is 13.6. The van der Waals surface area contributed by atoms with E-state index in [9.17, 15) is 13.2 Å². The van der Waals surface area contributed by atoms with Crippen LogP contribution in [0.15, 0.2) is 54.7 Å². The first-order chi connectivity index (χ1) is 15.3. The van der Waals surface area contributed by atoms with Crippen molar-refractivity contribution < 1.29 is 22.6 Å². The van der Waals surface area contributed by atoms with E-state index in [2.05, 4.69) is 20.6 Å². The van der Waals surface area contributed by atoms with Gasteiger partial charge in [0.15, 0.2) is 0 Å². The number of hydrogen-bond acceptors (Lipinski definition) is 6. The Bertz CT molecular complexity index is 1030. The summed E-state index contributed by atoms with van der Waals surface area (Å²) in [5.74, 6) is 0.771. The van der Waals surface area contributed by atoms with E-state index in [1.807, 2.05) is 20.8 Å². The van der Waals surface area contributed by atoms with Crippen LogP contribution in [0.2, 0.25) is 0 Å². The summed E-state index contributed by atoms with van der Waals surface area (Å²) < 4.78 is 52.0. The molecule has 0 aliphatic rings. The van der Waals surface area contributed by atoms with Gasteiger partial charge in [0.05, 0.1) is 18.4 Å². The molecule has 0 fully saturated rings. The van der Waals surface area contributed by atoms with Gasteiger partial charge >= 0.3 is 6.18 Å². The van der Waals surface area contributed by atoms with Crippen molar-refractivity contribution in [3.63, 3.8) is 0 Å². The number of para-hydroxylation sites is 2. The molecule has 0 aliphatic carbocycles. The summed E-state index contributed by atoms with van der Waals surface area (Å²) in [7, 11) is 0. The van der Waals surface area contributed by atoms with Crippen molar-refractivity contribution in [2.75, 3.05) is 17.2 Å². The highest BCUT2D eigenvalue weighted by Crippen LogP contribution is 2.37. The monoisotopic (exact) mass is 446 g/mol. The van der Waals surface area contributed by atoms with Crippen LogP contribution < -0.4 is 20.1 Å². The summed E-state index contributed by atoms with van der Waals surface area (Å²) in [5.41, 5.74) is 0.0109. The van der Waals surface area contributed by atoms with Crippen molar-refractivity contribution in [3.05, 3.63) is 60.3 Å². The molecule has 0 aliphatic heterocycles. The fourth-order valence-corrected chi connectivity index (χ4v) is 2.78. The number of nitrogens with zero attached hydrogens (tertiary/aromatic N) is 2. The van der Waals surface area contributed by atoms with Crippen molar-refractivity contribution in [3.8, 4) is 11.5 Å². The second-order valence-electron chi connectivity index (χ2n) is 6.99. The fourth-order valence-electron chi connectivity index (χ4n) is 2.78. The first-order valence-corrected chi connectivity index (χ1v) is 10.3. The number of alkyl halides is 3. The molecule has 0 spiro atoms. The third-order valence-electron chi connectivity index (χ3n) is 4.56. The number of benzene rings is 2. The van der Waals surface area contributed by atoms with Gasteiger partial charge in [-0.15, -0.1) is 0 Å². The molecule has 6 nitrogen and oxygen atoms in total. The van der Waals surface area contributed by atoms with Gasteiger partial charge in [0.2, 0.25) is 5.95 Å². The predicted molar refractivity (Wildman–Crippen MR) is 118 cm³/mol. The number of ether oxygens (including phenoxy) is 2. The average molecular weight is 446 g/mol. The molecule has 32 heavy (non-hydrogen) atoms. The highest BCUT2D eigenvalue weighted by molar-refractivity contribution is 5.67. The summed E-state index contributed by atoms with van der Waals surface area (Å²) in [4.78, 5) is 7.93. The van der Waals surface area contributed by atoms with Crippen LogP contribution in [0, 0.1) is 0 Å². The van der Waals surface area contributed by atoms with E-state index >= 15 is 0 Å². The van der Waals surface area contributed by atoms with E-state index in [1.165, 1.54) is 0 Å². The van der Waals surface area contributed by atoms with Gasteiger partial charge in [-0.25, -0.2) is 4.98 Å². The first-order valence-electron chi connectivity index (χ1n) is 10.3. The van der Waals surface area contributed by atoms with E-state index in [-0.39, 0.29) is 17.9 Å². The minimum atomic E-state index is -4.63. The average Bonchev–Trinajstić information content (AvgIpc) is 2.76. The Hall–Kier alpha value is -3.49. The molecular formula is C23H25F3N4O2. The summed E-state index contributed by atoms with van der Waals surface area (Å²) in [6.07, 6.45) is -3.22. The van der Waals surface area contributed by atoms with Crippen molar-refractivity contribution in [1.29, 1.82) is 0 Å². The van der Waals surface area contributed by atoms with Gasteiger partial charge in [0, 0.05) is 11.9 Å². The van der Waals surface area contributed by atoms with Crippen LogP contribution in [0.4, 0.5) is 36.3 Å². The number of anilines is 4. The van der Waals surface area contributed by atoms with Gasteiger partial charge in [-0.1, -0.05) is 19.1 Å². The zero-order chi connectivity index (χ0) is 23.1. The van der Waals surface area contributed by atoms with Crippen LogP contribution in [-0.2, 0) is 6.18 Å². The minimum Gasteiger partial charge on any atom is -0.494 e. The third-order valence-corrected chi connectivity index (χ3v) is 4.56. The van der Waals surface area contributed by atoms with E-state index in [0.717, 1.165) is 12.6 Å². The van der Waals surface area contributed by atoms with Crippen LogP contribution in [0.5, 0.6) is 11.5 Å². The highest BCUT2D eigenvalue weighted by atomic mass is 19.4.